The van der Waals surface area contributed by atoms with Gasteiger partial charge >= 0.3 is 0 Å². The number of ether oxygens (including phenoxy) is 1. The molecule has 0 heterocycles. The summed E-state index contributed by atoms with van der Waals surface area (Å²) < 4.78 is 34.0. The van der Waals surface area contributed by atoms with Gasteiger partial charge in [0.2, 0.25) is 0 Å². The number of benzene rings is 3. The summed E-state index contributed by atoms with van der Waals surface area (Å²) in [4.78, 5) is 2.02. The zero-order valence-electron chi connectivity index (χ0n) is 13.8. The van der Waals surface area contributed by atoms with Gasteiger partial charge in [0.1, 0.15) is 5.75 Å². The predicted octanol–water partition coefficient (Wildman–Crippen LogP) is 5.41. The molecule has 0 aliphatic rings. The summed E-state index contributed by atoms with van der Waals surface area (Å²) in [6.45, 7) is 0. The fraction of sp³-hybridized carbons (Fsp3) is 0.0526. The highest BCUT2D eigenvalue weighted by molar-refractivity contribution is 9.10. The van der Waals surface area contributed by atoms with E-state index in [9.17, 15) is 8.42 Å². The molecule has 0 radical (unpaired) electrons. The van der Waals surface area contributed by atoms with E-state index in [1.54, 1.807) is 18.2 Å². The van der Waals surface area contributed by atoms with Crippen LogP contribution in [0.1, 0.15) is 0 Å². The molecule has 1 N–H and O–H groups in total. The van der Waals surface area contributed by atoms with Crippen molar-refractivity contribution in [2.75, 3.05) is 11.8 Å². The average molecular weight is 450 g/mol. The van der Waals surface area contributed by atoms with Gasteiger partial charge in [0, 0.05) is 9.79 Å². The Morgan fingerprint density at radius 3 is 2.35 bits per heavy atom. The lowest BCUT2D eigenvalue weighted by atomic mass is 10.3. The number of hydrogen-bond acceptors (Lipinski definition) is 4. The smallest absolute Gasteiger partial charge is 0.261 e. The van der Waals surface area contributed by atoms with Gasteiger partial charge in [-0.2, -0.15) is 0 Å². The second kappa shape index (κ2) is 8.16. The lowest BCUT2D eigenvalue weighted by molar-refractivity contribution is 0.411. The van der Waals surface area contributed by atoms with Crippen molar-refractivity contribution in [3.63, 3.8) is 0 Å². The lowest BCUT2D eigenvalue weighted by Gasteiger charge is -2.13. The molecule has 0 amide bonds. The summed E-state index contributed by atoms with van der Waals surface area (Å²) in [5.41, 5.74) is 0.535. The van der Waals surface area contributed by atoms with E-state index in [4.69, 9.17) is 4.74 Å². The number of methoxy groups -OCH3 is 1. The van der Waals surface area contributed by atoms with Crippen LogP contribution in [0.25, 0.3) is 0 Å². The number of para-hydroxylation sites is 1. The van der Waals surface area contributed by atoms with E-state index in [0.29, 0.717) is 15.9 Å². The zero-order chi connectivity index (χ0) is 18.6. The highest BCUT2D eigenvalue weighted by Crippen LogP contribution is 2.35. The van der Waals surface area contributed by atoms with Gasteiger partial charge in [-0.25, -0.2) is 8.42 Å². The van der Waals surface area contributed by atoms with Crippen molar-refractivity contribution in [3.05, 3.63) is 77.3 Å². The minimum Gasteiger partial charge on any atom is -0.496 e. The molecule has 134 valence electrons. The van der Waals surface area contributed by atoms with E-state index in [1.807, 2.05) is 42.5 Å². The average Bonchev–Trinajstić information content (AvgIpc) is 2.64. The summed E-state index contributed by atoms with van der Waals surface area (Å²) in [5, 5.41) is 0. The summed E-state index contributed by atoms with van der Waals surface area (Å²) in [6, 6.07) is 21.8. The van der Waals surface area contributed by atoms with Gasteiger partial charge in [-0.3, -0.25) is 4.72 Å². The van der Waals surface area contributed by atoms with E-state index >= 15 is 0 Å². The molecule has 0 unspecified atom stereocenters. The molecule has 0 bridgehead atoms. The number of anilines is 1. The van der Waals surface area contributed by atoms with Crippen molar-refractivity contribution in [2.45, 2.75) is 14.7 Å². The largest absolute Gasteiger partial charge is 0.496 e. The second-order valence-corrected chi connectivity index (χ2v) is 8.97. The minimum atomic E-state index is -3.72. The quantitative estimate of drug-likeness (QED) is 0.546. The fourth-order valence-electron chi connectivity index (χ4n) is 2.27. The van der Waals surface area contributed by atoms with Gasteiger partial charge in [0.25, 0.3) is 10.0 Å². The van der Waals surface area contributed by atoms with Crippen LogP contribution in [0.4, 0.5) is 5.69 Å². The molecule has 26 heavy (non-hydrogen) atoms. The van der Waals surface area contributed by atoms with Gasteiger partial charge in [0.05, 0.1) is 22.2 Å². The molecule has 0 atom stereocenters. The van der Waals surface area contributed by atoms with Crippen molar-refractivity contribution in [1.82, 2.24) is 0 Å². The van der Waals surface area contributed by atoms with Gasteiger partial charge in [-0.15, -0.1) is 0 Å². The Morgan fingerprint density at radius 2 is 1.65 bits per heavy atom. The highest BCUT2D eigenvalue weighted by atomic mass is 79.9. The summed E-state index contributed by atoms with van der Waals surface area (Å²) >= 11 is 4.83. The molecule has 0 fully saturated rings. The van der Waals surface area contributed by atoms with Crippen molar-refractivity contribution in [3.8, 4) is 5.75 Å². The van der Waals surface area contributed by atoms with E-state index in [1.165, 1.54) is 31.0 Å². The van der Waals surface area contributed by atoms with Crippen LogP contribution in [-0.4, -0.2) is 15.5 Å². The van der Waals surface area contributed by atoms with Crippen molar-refractivity contribution >= 4 is 43.4 Å². The number of nitrogens with one attached hydrogen (secondary N) is 1. The molecule has 3 aromatic rings. The Bertz CT molecular complexity index is 1010. The third-order valence-electron chi connectivity index (χ3n) is 3.54. The van der Waals surface area contributed by atoms with Crippen molar-refractivity contribution in [2.24, 2.45) is 0 Å². The third kappa shape index (κ3) is 4.41. The Hall–Kier alpha value is -1.96. The van der Waals surface area contributed by atoms with Gasteiger partial charge < -0.3 is 4.74 Å². The molecule has 0 saturated heterocycles. The first-order valence-corrected chi connectivity index (χ1v) is 10.8. The topological polar surface area (TPSA) is 55.4 Å². The maximum absolute atomic E-state index is 12.8. The van der Waals surface area contributed by atoms with Gasteiger partial charge in [-0.05, 0) is 58.4 Å². The molecule has 7 heteroatoms. The molecule has 3 rings (SSSR count). The van der Waals surface area contributed by atoms with Crippen LogP contribution >= 0.6 is 27.7 Å². The van der Waals surface area contributed by atoms with Crippen LogP contribution in [0.2, 0.25) is 0 Å². The van der Waals surface area contributed by atoms with Crippen LogP contribution in [-0.2, 0) is 10.0 Å². The monoisotopic (exact) mass is 449 g/mol. The molecular weight excluding hydrogens is 434 g/mol. The number of sulfonamides is 1. The van der Waals surface area contributed by atoms with Crippen LogP contribution in [0, 0.1) is 0 Å². The highest BCUT2D eigenvalue weighted by Gasteiger charge is 2.18. The van der Waals surface area contributed by atoms with Crippen LogP contribution in [0.5, 0.6) is 5.75 Å². The van der Waals surface area contributed by atoms with E-state index in [0.717, 1.165) is 9.79 Å². The van der Waals surface area contributed by atoms with Gasteiger partial charge in [-0.1, -0.05) is 42.1 Å². The van der Waals surface area contributed by atoms with Crippen molar-refractivity contribution in [1.29, 1.82) is 0 Å². The summed E-state index contributed by atoms with van der Waals surface area (Å²) in [7, 11) is -2.19. The number of halogens is 1. The molecule has 0 aliphatic carbocycles. The molecule has 4 nitrogen and oxygen atoms in total. The first kappa shape index (κ1) is 18.8. The second-order valence-electron chi connectivity index (χ2n) is 5.31. The molecule has 3 aromatic carbocycles. The predicted molar refractivity (Wildman–Crippen MR) is 109 cm³/mol. The molecule has 0 aliphatic heterocycles. The summed E-state index contributed by atoms with van der Waals surface area (Å²) in [5.74, 6) is 0.573. The first-order chi connectivity index (χ1) is 12.5. The standard InChI is InChI=1S/C19H16BrNO3S2/c1-24-18-12-11-15(13-16(18)20)26(22,23)21-17-9-5-6-10-19(17)25-14-7-3-2-4-8-14/h2-13,21H,1H3. The normalized spacial score (nSPS) is 11.2. The van der Waals surface area contributed by atoms with E-state index < -0.39 is 10.0 Å². The maximum Gasteiger partial charge on any atom is 0.261 e. The maximum atomic E-state index is 12.8. The minimum absolute atomic E-state index is 0.157. The molecule has 0 aromatic heterocycles. The number of hydrogen-bond donors (Lipinski definition) is 1. The first-order valence-electron chi connectivity index (χ1n) is 7.68. The van der Waals surface area contributed by atoms with Gasteiger partial charge in [0.15, 0.2) is 0 Å². The Balaban J connectivity index is 1.89. The molecule has 0 saturated carbocycles. The van der Waals surface area contributed by atoms with E-state index in [2.05, 4.69) is 20.7 Å². The summed E-state index contributed by atoms with van der Waals surface area (Å²) in [6.07, 6.45) is 0. The Morgan fingerprint density at radius 1 is 0.962 bits per heavy atom. The van der Waals surface area contributed by atoms with Crippen molar-refractivity contribution < 1.29 is 13.2 Å². The Kier molecular flexibility index (Phi) is 5.90. The lowest BCUT2D eigenvalue weighted by Crippen LogP contribution is -2.13. The molecular formula is C19H16BrNO3S2. The SMILES string of the molecule is COc1ccc(S(=O)(=O)Nc2ccccc2Sc2ccccc2)cc1Br. The van der Waals surface area contributed by atoms with E-state index in [-0.39, 0.29) is 4.90 Å². The number of rotatable bonds is 6. The van der Waals surface area contributed by atoms with Crippen LogP contribution < -0.4 is 9.46 Å². The Labute approximate surface area is 165 Å². The van der Waals surface area contributed by atoms with Crippen LogP contribution in [0.15, 0.2) is 92.0 Å². The zero-order valence-corrected chi connectivity index (χ0v) is 17.1. The van der Waals surface area contributed by atoms with Crippen LogP contribution in [0.3, 0.4) is 0 Å². The third-order valence-corrected chi connectivity index (χ3v) is 6.60. The fourth-order valence-corrected chi connectivity index (χ4v) is 5.06. The molecule has 0 spiro atoms.